The van der Waals surface area contributed by atoms with Gasteiger partial charge in [0.1, 0.15) is 0 Å². The Bertz CT molecular complexity index is 164. The van der Waals surface area contributed by atoms with Gasteiger partial charge in [-0.25, -0.2) is 0 Å². The Morgan fingerprint density at radius 3 is 2.64 bits per heavy atom. The number of halogens is 2. The van der Waals surface area contributed by atoms with Gasteiger partial charge in [0.05, 0.1) is 0 Å². The summed E-state index contributed by atoms with van der Waals surface area (Å²) in [7, 11) is 0. The van der Waals surface area contributed by atoms with Crippen LogP contribution in [0.3, 0.4) is 0 Å². The molecule has 0 aliphatic carbocycles. The SMILES string of the molecule is C=CCC(/C=C\CI)C[C@@H](I)CCC. The summed E-state index contributed by atoms with van der Waals surface area (Å²) < 4.78 is 1.94. The first-order chi connectivity index (χ1) is 6.74. The molecule has 0 saturated heterocycles. The van der Waals surface area contributed by atoms with E-state index in [0.717, 1.165) is 14.8 Å². The second kappa shape index (κ2) is 10.5. The summed E-state index contributed by atoms with van der Waals surface area (Å²) in [6.45, 7) is 6.08. The third kappa shape index (κ3) is 8.26. The van der Waals surface area contributed by atoms with Crippen LogP contribution in [0, 0.1) is 5.92 Å². The highest BCUT2D eigenvalue weighted by atomic mass is 127. The Balaban J connectivity index is 3.93. The van der Waals surface area contributed by atoms with Gasteiger partial charge >= 0.3 is 0 Å². The van der Waals surface area contributed by atoms with E-state index in [9.17, 15) is 0 Å². The molecule has 0 fully saturated rings. The van der Waals surface area contributed by atoms with Crippen LogP contribution in [-0.2, 0) is 0 Å². The van der Waals surface area contributed by atoms with Crippen molar-refractivity contribution in [3.05, 3.63) is 24.8 Å². The fourth-order valence-electron chi connectivity index (χ4n) is 1.47. The van der Waals surface area contributed by atoms with Crippen LogP contribution >= 0.6 is 45.2 Å². The van der Waals surface area contributed by atoms with Crippen LogP contribution in [0.4, 0.5) is 0 Å². The number of hydrogen-bond donors (Lipinski definition) is 0. The Labute approximate surface area is 116 Å². The van der Waals surface area contributed by atoms with Crippen molar-refractivity contribution in [3.63, 3.8) is 0 Å². The maximum absolute atomic E-state index is 3.82. The smallest absolute Gasteiger partial charge is 0.0176 e. The predicted molar refractivity (Wildman–Crippen MR) is 83.7 cm³/mol. The van der Waals surface area contributed by atoms with E-state index in [1.54, 1.807) is 0 Å². The topological polar surface area (TPSA) is 0 Å². The first-order valence-electron chi connectivity index (χ1n) is 5.22. The molecule has 0 N–H and O–H groups in total. The molecule has 0 aliphatic heterocycles. The van der Waals surface area contributed by atoms with Crippen LogP contribution in [0.2, 0.25) is 0 Å². The lowest BCUT2D eigenvalue weighted by Crippen LogP contribution is -2.05. The third-order valence-electron chi connectivity index (χ3n) is 2.13. The van der Waals surface area contributed by atoms with Gasteiger partial charge < -0.3 is 0 Å². The van der Waals surface area contributed by atoms with Gasteiger partial charge in [-0.3, -0.25) is 0 Å². The van der Waals surface area contributed by atoms with Crippen molar-refractivity contribution in [2.75, 3.05) is 4.43 Å². The minimum absolute atomic E-state index is 0.704. The van der Waals surface area contributed by atoms with E-state index in [0.29, 0.717) is 5.92 Å². The normalized spacial score (nSPS) is 15.6. The summed E-state index contributed by atoms with van der Waals surface area (Å²) in [6, 6.07) is 0. The fourth-order valence-corrected chi connectivity index (χ4v) is 3.04. The van der Waals surface area contributed by atoms with Crippen molar-refractivity contribution in [1.29, 1.82) is 0 Å². The molecule has 0 amide bonds. The number of alkyl halides is 2. The molecule has 0 aromatic carbocycles. The molecule has 0 aromatic heterocycles. The van der Waals surface area contributed by atoms with Gasteiger partial charge in [0.2, 0.25) is 0 Å². The Hall–Kier alpha value is 0.940. The van der Waals surface area contributed by atoms with E-state index in [4.69, 9.17) is 0 Å². The molecule has 0 rings (SSSR count). The van der Waals surface area contributed by atoms with Gasteiger partial charge in [-0.2, -0.15) is 0 Å². The van der Waals surface area contributed by atoms with Gasteiger partial charge in [-0.15, -0.1) is 6.58 Å². The molecule has 0 bridgehead atoms. The van der Waals surface area contributed by atoms with E-state index < -0.39 is 0 Å². The Morgan fingerprint density at radius 2 is 2.14 bits per heavy atom. The quantitative estimate of drug-likeness (QED) is 0.290. The van der Waals surface area contributed by atoms with Gasteiger partial charge in [0, 0.05) is 8.35 Å². The highest BCUT2D eigenvalue weighted by molar-refractivity contribution is 14.1. The minimum Gasteiger partial charge on any atom is -0.103 e. The number of hydrogen-bond acceptors (Lipinski definition) is 0. The van der Waals surface area contributed by atoms with Crippen LogP contribution in [0.15, 0.2) is 24.8 Å². The molecule has 0 saturated carbocycles. The highest BCUT2D eigenvalue weighted by Gasteiger charge is 2.09. The molecule has 0 heterocycles. The molecular weight excluding hydrogens is 398 g/mol. The molecular formula is C12H20I2. The van der Waals surface area contributed by atoms with Crippen LogP contribution in [0.25, 0.3) is 0 Å². The van der Waals surface area contributed by atoms with E-state index in [2.05, 4.69) is 70.8 Å². The second-order valence-corrected chi connectivity index (χ2v) is 6.13. The summed E-state index contributed by atoms with van der Waals surface area (Å²) in [4.78, 5) is 0. The zero-order chi connectivity index (χ0) is 10.8. The minimum atomic E-state index is 0.704. The van der Waals surface area contributed by atoms with Crippen molar-refractivity contribution < 1.29 is 0 Å². The third-order valence-corrected chi connectivity index (χ3v) is 3.77. The molecule has 0 nitrogen and oxygen atoms in total. The molecule has 82 valence electrons. The van der Waals surface area contributed by atoms with Gasteiger partial charge in [-0.05, 0) is 25.2 Å². The molecule has 0 aliphatic rings. The lowest BCUT2D eigenvalue weighted by atomic mass is 9.97. The van der Waals surface area contributed by atoms with Gasteiger partial charge in [-0.1, -0.05) is 76.8 Å². The summed E-state index contributed by atoms with van der Waals surface area (Å²) in [5.74, 6) is 0.704. The lowest BCUT2D eigenvalue weighted by Gasteiger charge is -2.14. The fraction of sp³-hybridized carbons (Fsp3) is 0.667. The first-order valence-corrected chi connectivity index (χ1v) is 7.99. The molecule has 0 spiro atoms. The van der Waals surface area contributed by atoms with Crippen LogP contribution in [0.1, 0.15) is 32.6 Å². The molecule has 2 heteroatoms. The second-order valence-electron chi connectivity index (χ2n) is 3.49. The van der Waals surface area contributed by atoms with Gasteiger partial charge in [0.25, 0.3) is 0 Å². The maximum Gasteiger partial charge on any atom is 0.0176 e. The van der Waals surface area contributed by atoms with E-state index in [1.165, 1.54) is 19.3 Å². The molecule has 0 aromatic rings. The van der Waals surface area contributed by atoms with Crippen molar-refractivity contribution >= 4 is 45.2 Å². The van der Waals surface area contributed by atoms with Crippen molar-refractivity contribution in [3.8, 4) is 0 Å². The van der Waals surface area contributed by atoms with Crippen LogP contribution in [0.5, 0.6) is 0 Å². The molecule has 1 unspecified atom stereocenters. The predicted octanol–water partition coefficient (Wildman–Crippen LogP) is 5.16. The first kappa shape index (κ1) is 14.9. The van der Waals surface area contributed by atoms with E-state index in [-0.39, 0.29) is 0 Å². The summed E-state index contributed by atoms with van der Waals surface area (Å²) in [5.41, 5.74) is 0. The number of allylic oxidation sites excluding steroid dienone is 3. The van der Waals surface area contributed by atoms with Crippen LogP contribution in [-0.4, -0.2) is 8.35 Å². The zero-order valence-electron chi connectivity index (χ0n) is 8.89. The van der Waals surface area contributed by atoms with E-state index in [1.807, 2.05) is 6.08 Å². The van der Waals surface area contributed by atoms with Crippen molar-refractivity contribution in [1.82, 2.24) is 0 Å². The summed E-state index contributed by atoms with van der Waals surface area (Å²) in [6.07, 6.45) is 11.7. The van der Waals surface area contributed by atoms with Gasteiger partial charge in [0.15, 0.2) is 0 Å². The van der Waals surface area contributed by atoms with Crippen molar-refractivity contribution in [2.24, 2.45) is 5.92 Å². The monoisotopic (exact) mass is 418 g/mol. The highest BCUT2D eigenvalue weighted by Crippen LogP contribution is 2.22. The zero-order valence-corrected chi connectivity index (χ0v) is 13.2. The van der Waals surface area contributed by atoms with Crippen molar-refractivity contribution in [2.45, 2.75) is 36.5 Å². The molecule has 0 radical (unpaired) electrons. The van der Waals surface area contributed by atoms with Crippen LogP contribution < -0.4 is 0 Å². The summed E-state index contributed by atoms with van der Waals surface area (Å²) in [5, 5.41) is 0. The average Bonchev–Trinajstić information content (AvgIpc) is 2.15. The Morgan fingerprint density at radius 1 is 1.43 bits per heavy atom. The lowest BCUT2D eigenvalue weighted by molar-refractivity contribution is 0.568. The largest absolute Gasteiger partial charge is 0.103 e. The number of rotatable bonds is 8. The van der Waals surface area contributed by atoms with E-state index >= 15 is 0 Å². The summed E-state index contributed by atoms with van der Waals surface area (Å²) >= 11 is 4.96. The molecule has 2 atom stereocenters. The Kier molecular flexibility index (Phi) is 11.2. The average molecular weight is 418 g/mol. The molecule has 14 heavy (non-hydrogen) atoms. The standard InChI is InChI=1S/C12H20I2/c1-3-6-11(8-5-9-13)10-12(14)7-4-2/h3,5,8,11-12H,1,4,6-7,9-10H2,2H3/b8-5-/t11?,12-/m0/s1. The maximum atomic E-state index is 3.82.